The molecule has 0 atom stereocenters. The van der Waals surface area contributed by atoms with Gasteiger partial charge in [-0.15, -0.1) is 0 Å². The molecule has 2 aromatic rings. The molecular weight excluding hydrogens is 424 g/mol. The van der Waals surface area contributed by atoms with E-state index in [1.54, 1.807) is 0 Å². The number of unbranched alkanes of at least 4 members (excludes halogenated alkanes) is 2. The molecule has 0 fully saturated rings. The Bertz CT molecular complexity index is 795. The van der Waals surface area contributed by atoms with Gasteiger partial charge in [-0.2, -0.15) is 0 Å². The van der Waals surface area contributed by atoms with Crippen molar-refractivity contribution in [2.45, 2.75) is 85.0 Å². The van der Waals surface area contributed by atoms with Gasteiger partial charge in [-0.05, 0) is 72.4 Å². The summed E-state index contributed by atoms with van der Waals surface area (Å²) < 4.78 is 11.7. The summed E-state index contributed by atoms with van der Waals surface area (Å²) in [6.45, 7) is 12.0. The summed E-state index contributed by atoms with van der Waals surface area (Å²) in [6, 6.07) is 13.2. The zero-order valence-corrected chi connectivity index (χ0v) is 22.0. The third-order valence-electron chi connectivity index (χ3n) is 6.51. The molecule has 190 valence electrons. The first-order valence-corrected chi connectivity index (χ1v) is 13.1. The maximum atomic E-state index is 9.24. The van der Waals surface area contributed by atoms with Crippen molar-refractivity contribution < 1.29 is 19.7 Å². The Morgan fingerprint density at radius 1 is 0.765 bits per heavy atom. The van der Waals surface area contributed by atoms with Gasteiger partial charge in [0.1, 0.15) is 24.7 Å². The van der Waals surface area contributed by atoms with Crippen LogP contribution >= 0.6 is 0 Å². The molecule has 0 aliphatic rings. The predicted octanol–water partition coefficient (Wildman–Crippen LogP) is 6.47. The minimum atomic E-state index is -0.152. The van der Waals surface area contributed by atoms with Crippen molar-refractivity contribution in [1.29, 1.82) is 0 Å². The first-order chi connectivity index (χ1) is 16.4. The van der Waals surface area contributed by atoms with Crippen LogP contribution in [0.25, 0.3) is 0 Å². The first kappa shape index (κ1) is 28.2. The highest BCUT2D eigenvalue weighted by molar-refractivity contribution is 5.48. The standard InChI is InChI=1S/C30H46O4/c1-6-8-10-24-20-26(12-14-28(24)33-18-16-31)30(5,22-23(3)4)27-13-15-29(34-19-17-32)25(21-27)11-9-7-2/h12-15,20-21,23,31-32H,6-11,16-19,22H2,1-5H3. The molecule has 0 aliphatic heterocycles. The van der Waals surface area contributed by atoms with Crippen molar-refractivity contribution in [3.63, 3.8) is 0 Å². The molecular formula is C30H46O4. The molecule has 2 aromatic carbocycles. The molecule has 0 spiro atoms. The number of aliphatic hydroxyl groups is 2. The Kier molecular flexibility index (Phi) is 11.9. The Labute approximate surface area is 207 Å². The van der Waals surface area contributed by atoms with Crippen molar-refractivity contribution in [3.05, 3.63) is 58.7 Å². The average molecular weight is 471 g/mol. The number of aliphatic hydroxyl groups excluding tert-OH is 2. The molecule has 0 saturated heterocycles. The van der Waals surface area contributed by atoms with Crippen LogP contribution in [-0.2, 0) is 18.3 Å². The lowest BCUT2D eigenvalue weighted by Gasteiger charge is -2.34. The molecule has 0 aliphatic carbocycles. The van der Waals surface area contributed by atoms with E-state index in [1.165, 1.54) is 22.3 Å². The SMILES string of the molecule is CCCCc1cc(C(C)(CC(C)C)c2ccc(OCCO)c(CCCC)c2)ccc1OCCO. The number of ether oxygens (including phenoxy) is 2. The second kappa shape index (κ2) is 14.4. The van der Waals surface area contributed by atoms with Gasteiger partial charge in [-0.25, -0.2) is 0 Å². The van der Waals surface area contributed by atoms with Gasteiger partial charge in [0, 0.05) is 5.41 Å². The Balaban J connectivity index is 2.56. The summed E-state index contributed by atoms with van der Waals surface area (Å²) in [5.41, 5.74) is 4.89. The number of hydrogen-bond acceptors (Lipinski definition) is 4. The van der Waals surface area contributed by atoms with E-state index in [-0.39, 0.29) is 18.6 Å². The number of hydrogen-bond donors (Lipinski definition) is 2. The van der Waals surface area contributed by atoms with Crippen LogP contribution in [0.5, 0.6) is 11.5 Å². The van der Waals surface area contributed by atoms with Gasteiger partial charge >= 0.3 is 0 Å². The van der Waals surface area contributed by atoms with Crippen LogP contribution in [-0.4, -0.2) is 36.6 Å². The highest BCUT2D eigenvalue weighted by Gasteiger charge is 2.31. The summed E-state index contributed by atoms with van der Waals surface area (Å²) in [6.07, 6.45) is 7.44. The molecule has 0 heterocycles. The van der Waals surface area contributed by atoms with Crippen molar-refractivity contribution in [1.82, 2.24) is 0 Å². The molecule has 34 heavy (non-hydrogen) atoms. The maximum Gasteiger partial charge on any atom is 0.122 e. The highest BCUT2D eigenvalue weighted by atomic mass is 16.5. The van der Waals surface area contributed by atoms with Crippen LogP contribution in [0, 0.1) is 5.92 Å². The third kappa shape index (κ3) is 7.74. The van der Waals surface area contributed by atoms with Crippen LogP contribution < -0.4 is 9.47 Å². The monoisotopic (exact) mass is 470 g/mol. The van der Waals surface area contributed by atoms with Gasteiger partial charge in [0.05, 0.1) is 13.2 Å². The fourth-order valence-corrected chi connectivity index (χ4v) is 4.78. The predicted molar refractivity (Wildman–Crippen MR) is 141 cm³/mol. The minimum Gasteiger partial charge on any atom is -0.491 e. The van der Waals surface area contributed by atoms with Crippen molar-refractivity contribution in [3.8, 4) is 11.5 Å². The summed E-state index contributed by atoms with van der Waals surface area (Å²) in [4.78, 5) is 0. The lowest BCUT2D eigenvalue weighted by Crippen LogP contribution is -2.26. The minimum absolute atomic E-state index is 0.0191. The Morgan fingerprint density at radius 2 is 1.21 bits per heavy atom. The quantitative estimate of drug-likeness (QED) is 0.295. The summed E-state index contributed by atoms with van der Waals surface area (Å²) in [7, 11) is 0. The fourth-order valence-electron chi connectivity index (χ4n) is 4.78. The normalized spacial score (nSPS) is 11.8. The van der Waals surface area contributed by atoms with Crippen LogP contribution in [0.3, 0.4) is 0 Å². The summed E-state index contributed by atoms with van der Waals surface area (Å²) in [5.74, 6) is 2.29. The Hall–Kier alpha value is -2.04. The molecule has 2 N–H and O–H groups in total. The molecule has 0 unspecified atom stereocenters. The van der Waals surface area contributed by atoms with E-state index in [2.05, 4.69) is 71.0 Å². The number of aryl methyl sites for hydroxylation is 2. The molecule has 0 amide bonds. The van der Waals surface area contributed by atoms with Gasteiger partial charge < -0.3 is 19.7 Å². The second-order valence-electron chi connectivity index (χ2n) is 9.93. The zero-order chi connectivity index (χ0) is 25.0. The zero-order valence-electron chi connectivity index (χ0n) is 22.0. The largest absolute Gasteiger partial charge is 0.491 e. The molecule has 0 bridgehead atoms. The number of benzene rings is 2. The molecule has 2 rings (SSSR count). The third-order valence-corrected chi connectivity index (χ3v) is 6.51. The van der Waals surface area contributed by atoms with Gasteiger partial charge in [0.15, 0.2) is 0 Å². The first-order valence-electron chi connectivity index (χ1n) is 13.1. The highest BCUT2D eigenvalue weighted by Crippen LogP contribution is 2.41. The van der Waals surface area contributed by atoms with Gasteiger partial charge in [-0.3, -0.25) is 0 Å². The fraction of sp³-hybridized carbons (Fsp3) is 0.600. The van der Waals surface area contributed by atoms with Crippen LogP contribution in [0.1, 0.15) is 89.0 Å². The van der Waals surface area contributed by atoms with Gasteiger partial charge in [0.2, 0.25) is 0 Å². The van der Waals surface area contributed by atoms with Crippen molar-refractivity contribution in [2.24, 2.45) is 5.92 Å². The molecule has 4 nitrogen and oxygen atoms in total. The van der Waals surface area contributed by atoms with E-state index in [1.807, 2.05) is 0 Å². The maximum absolute atomic E-state index is 9.24. The van der Waals surface area contributed by atoms with Gasteiger partial charge in [0.25, 0.3) is 0 Å². The lowest BCUT2D eigenvalue weighted by molar-refractivity contribution is 0.200. The van der Waals surface area contributed by atoms with Crippen LogP contribution in [0.15, 0.2) is 36.4 Å². The topological polar surface area (TPSA) is 58.9 Å². The lowest BCUT2D eigenvalue weighted by atomic mass is 9.70. The van der Waals surface area contributed by atoms with Gasteiger partial charge in [-0.1, -0.05) is 71.7 Å². The van der Waals surface area contributed by atoms with Crippen LogP contribution in [0.2, 0.25) is 0 Å². The van der Waals surface area contributed by atoms with E-state index < -0.39 is 0 Å². The summed E-state index contributed by atoms with van der Waals surface area (Å²) in [5, 5.41) is 18.5. The number of rotatable bonds is 16. The van der Waals surface area contributed by atoms with Crippen LogP contribution in [0.4, 0.5) is 0 Å². The molecule has 0 radical (unpaired) electrons. The van der Waals surface area contributed by atoms with E-state index in [4.69, 9.17) is 9.47 Å². The van der Waals surface area contributed by atoms with Crippen molar-refractivity contribution in [2.75, 3.05) is 26.4 Å². The smallest absolute Gasteiger partial charge is 0.122 e. The average Bonchev–Trinajstić information content (AvgIpc) is 2.83. The van der Waals surface area contributed by atoms with E-state index in [9.17, 15) is 10.2 Å². The Morgan fingerprint density at radius 3 is 1.56 bits per heavy atom. The molecule has 4 heteroatoms. The van der Waals surface area contributed by atoms with Crippen molar-refractivity contribution >= 4 is 0 Å². The van der Waals surface area contributed by atoms with E-state index in [0.29, 0.717) is 19.1 Å². The summed E-state index contributed by atoms with van der Waals surface area (Å²) >= 11 is 0. The van der Waals surface area contributed by atoms with E-state index >= 15 is 0 Å². The van der Waals surface area contributed by atoms with E-state index in [0.717, 1.165) is 56.4 Å². The molecule has 0 saturated carbocycles. The molecule has 0 aromatic heterocycles. The second-order valence-corrected chi connectivity index (χ2v) is 9.93.